The zero-order chi connectivity index (χ0) is 63.5. The van der Waals surface area contributed by atoms with Gasteiger partial charge in [-0.2, -0.15) is 0 Å². The Morgan fingerprint density at radius 2 is 0.633 bits per heavy atom. The summed E-state index contributed by atoms with van der Waals surface area (Å²) >= 11 is 0. The van der Waals surface area contributed by atoms with Gasteiger partial charge < -0.3 is 0 Å². The summed E-state index contributed by atoms with van der Waals surface area (Å²) in [6.45, 7) is 14.1. The lowest BCUT2D eigenvalue weighted by molar-refractivity contribution is 0.0562. The van der Waals surface area contributed by atoms with Gasteiger partial charge in [0.1, 0.15) is 0 Å². The first-order chi connectivity index (χ1) is 44.1. The van der Waals surface area contributed by atoms with Crippen molar-refractivity contribution < 1.29 is 19.2 Å². The molecule has 0 aliphatic carbocycles. The normalized spacial score (nSPS) is 14.3. The van der Waals surface area contributed by atoms with Crippen LogP contribution in [0.1, 0.15) is 355 Å². The largest absolute Gasteiger partial charge is 0.274 e. The minimum atomic E-state index is -0.205. The van der Waals surface area contributed by atoms with Gasteiger partial charge in [0.15, 0.2) is 0 Å². The standard InChI is InChI=1S/C84H118N2O4/c1-7-12-16-20-24-28-30-34-38-42-46-66(45-40-36-32-26-22-18-14-9-3)61-85-81(87)71-58-56-70-76-68(54-53-65-51-49-64(44-11-5)50-52-65)60-74-78-72(57-55-69(80(76)78)75-63(6)59-73(83(85)89)77(71)79(70)75)82(88)86(84(74)90)62-67(47-41-37-33-27-23-19-15-10-4)48-43-39-35-31-29-25-21-17-13-8-2/h11,44,49-60,66-67H,7-10,12-43,45-48,61-62H2,1-6H3/b44-11+,54-53+. The molecule has 90 heavy (non-hydrogen) atoms. The first kappa shape index (κ1) is 70.3. The van der Waals surface area contributed by atoms with Crippen LogP contribution in [-0.4, -0.2) is 46.5 Å². The Balaban J connectivity index is 1.11. The fourth-order valence-corrected chi connectivity index (χ4v) is 15.5. The van der Waals surface area contributed by atoms with Crippen molar-refractivity contribution in [3.63, 3.8) is 0 Å². The number of allylic oxidation sites excluding steroid dienone is 1. The third-order valence-electron chi connectivity index (χ3n) is 20.7. The Hall–Kier alpha value is -5.62. The number of fused-ring (bicyclic) bond motifs is 2. The van der Waals surface area contributed by atoms with E-state index in [0.717, 1.165) is 117 Å². The zero-order valence-corrected chi connectivity index (χ0v) is 57.5. The Labute approximate surface area is 545 Å². The van der Waals surface area contributed by atoms with E-state index in [1.807, 2.05) is 31.2 Å². The molecule has 6 nitrogen and oxygen atoms in total. The summed E-state index contributed by atoms with van der Waals surface area (Å²) in [5, 5.41) is 7.05. The highest BCUT2D eigenvalue weighted by Gasteiger charge is 2.39. The van der Waals surface area contributed by atoms with E-state index in [9.17, 15) is 0 Å². The van der Waals surface area contributed by atoms with E-state index in [-0.39, 0.29) is 35.5 Å². The number of rotatable bonds is 47. The van der Waals surface area contributed by atoms with Crippen LogP contribution in [0.5, 0.6) is 0 Å². The third kappa shape index (κ3) is 18.8. The van der Waals surface area contributed by atoms with Crippen molar-refractivity contribution in [3.8, 4) is 0 Å². The maximum Gasteiger partial charge on any atom is 0.261 e. The number of amides is 4. The summed E-state index contributed by atoms with van der Waals surface area (Å²) in [6, 6.07) is 20.8. The monoisotopic (exact) mass is 1220 g/mol. The first-order valence-corrected chi connectivity index (χ1v) is 37.5. The van der Waals surface area contributed by atoms with Crippen LogP contribution < -0.4 is 0 Å². The van der Waals surface area contributed by atoms with E-state index in [1.54, 1.807) is 9.80 Å². The molecule has 2 aliphatic heterocycles. The van der Waals surface area contributed by atoms with Gasteiger partial charge in [-0.25, -0.2) is 0 Å². The lowest BCUT2D eigenvalue weighted by Gasteiger charge is -2.33. The second-order valence-electron chi connectivity index (χ2n) is 28.0. The molecule has 0 spiro atoms. The van der Waals surface area contributed by atoms with Gasteiger partial charge in [-0.05, 0) is 130 Å². The molecule has 6 aromatic rings. The number of hydrogen-bond donors (Lipinski definition) is 0. The SMILES string of the molecule is C/C=C/c1ccc(/C=C/c2cc3c4c(ccc5c6c(C)cc7c8c(ccc(c2c45)c86)C(=O)N(CC(CCCCCCCCCC)CCCCCCCCCCCC)C7=O)C(=O)N(CC(CCCCCCCCCC)CCCCCCCCCCCC)C3=O)cc1. The van der Waals surface area contributed by atoms with Crippen molar-refractivity contribution in [2.75, 3.05) is 13.1 Å². The van der Waals surface area contributed by atoms with E-state index in [2.05, 4.69) is 95.3 Å². The highest BCUT2D eigenvalue weighted by Crippen LogP contribution is 2.49. The molecular weight excluding hydrogens is 1100 g/mol. The summed E-state index contributed by atoms with van der Waals surface area (Å²) < 4.78 is 0. The smallest absolute Gasteiger partial charge is 0.261 e. The summed E-state index contributed by atoms with van der Waals surface area (Å²) in [4.78, 5) is 64.6. The molecule has 0 saturated carbocycles. The average molecular weight is 1220 g/mol. The minimum absolute atomic E-state index is 0.189. The van der Waals surface area contributed by atoms with Crippen LogP contribution in [0.15, 0.2) is 66.7 Å². The van der Waals surface area contributed by atoms with Crippen LogP contribution in [0.25, 0.3) is 61.3 Å². The fraction of sp³-hybridized carbons (Fsp3) is 0.595. The van der Waals surface area contributed by atoms with Crippen LogP contribution in [0, 0.1) is 18.8 Å². The molecule has 0 N–H and O–H groups in total. The topological polar surface area (TPSA) is 74.8 Å². The van der Waals surface area contributed by atoms with Crippen molar-refractivity contribution in [1.82, 2.24) is 9.80 Å². The minimum Gasteiger partial charge on any atom is -0.274 e. The predicted molar refractivity (Wildman–Crippen MR) is 388 cm³/mol. The average Bonchev–Trinajstić information content (AvgIpc) is 0.727. The van der Waals surface area contributed by atoms with Crippen LogP contribution in [0.4, 0.5) is 0 Å². The molecule has 488 valence electrons. The predicted octanol–water partition coefficient (Wildman–Crippen LogP) is 25.4. The molecule has 0 aromatic heterocycles. The summed E-state index contributed by atoms with van der Waals surface area (Å²) in [6.07, 6.45) is 58.4. The van der Waals surface area contributed by atoms with Gasteiger partial charge in [0.2, 0.25) is 0 Å². The Bertz CT molecular complexity index is 3270. The van der Waals surface area contributed by atoms with Crippen molar-refractivity contribution in [1.29, 1.82) is 0 Å². The Kier molecular flexibility index (Phi) is 29.5. The van der Waals surface area contributed by atoms with Gasteiger partial charge in [0.25, 0.3) is 23.6 Å². The van der Waals surface area contributed by atoms with E-state index < -0.39 is 0 Å². The lowest BCUT2D eigenvalue weighted by atomic mass is 9.79. The van der Waals surface area contributed by atoms with Gasteiger partial charge in [0.05, 0.1) is 0 Å². The molecular formula is C84H118N2O4. The maximum absolute atomic E-state index is 15.5. The van der Waals surface area contributed by atoms with Crippen LogP contribution in [0.3, 0.4) is 0 Å². The molecule has 6 heteroatoms. The molecule has 2 heterocycles. The molecule has 0 fully saturated rings. The summed E-state index contributed by atoms with van der Waals surface area (Å²) in [5.41, 5.74) is 6.33. The summed E-state index contributed by atoms with van der Waals surface area (Å²) in [7, 11) is 0. The molecule has 0 radical (unpaired) electrons. The highest BCUT2D eigenvalue weighted by molar-refractivity contribution is 6.42. The molecule has 0 saturated heterocycles. The van der Waals surface area contributed by atoms with Gasteiger partial charge in [-0.1, -0.05) is 320 Å². The molecule has 8 rings (SSSR count). The van der Waals surface area contributed by atoms with Crippen molar-refractivity contribution >= 4 is 84.9 Å². The molecule has 4 amide bonds. The zero-order valence-electron chi connectivity index (χ0n) is 57.5. The van der Waals surface area contributed by atoms with Crippen molar-refractivity contribution in [2.45, 2.75) is 298 Å². The van der Waals surface area contributed by atoms with E-state index in [4.69, 9.17) is 0 Å². The highest BCUT2D eigenvalue weighted by atomic mass is 16.2. The lowest BCUT2D eigenvalue weighted by Crippen LogP contribution is -2.43. The number of carbonyl (C=O) groups excluding carboxylic acids is 4. The number of unbranched alkanes of at least 4 members (excludes halogenated alkanes) is 32. The van der Waals surface area contributed by atoms with Gasteiger partial charge >= 0.3 is 0 Å². The third-order valence-corrected chi connectivity index (χ3v) is 20.7. The van der Waals surface area contributed by atoms with Crippen LogP contribution in [0.2, 0.25) is 0 Å². The van der Waals surface area contributed by atoms with Crippen LogP contribution >= 0.6 is 0 Å². The number of carbonyl (C=O) groups is 4. The molecule has 2 atom stereocenters. The second kappa shape index (κ2) is 37.8. The Morgan fingerprint density at radius 3 is 1.00 bits per heavy atom. The van der Waals surface area contributed by atoms with E-state index >= 15 is 19.2 Å². The second-order valence-corrected chi connectivity index (χ2v) is 28.0. The van der Waals surface area contributed by atoms with Crippen molar-refractivity contribution in [3.05, 3.63) is 111 Å². The number of aryl methyl sites for hydroxylation is 1. The van der Waals surface area contributed by atoms with Crippen molar-refractivity contribution in [2.24, 2.45) is 11.8 Å². The van der Waals surface area contributed by atoms with Gasteiger partial charge in [-0.15, -0.1) is 0 Å². The molecule has 0 bridgehead atoms. The van der Waals surface area contributed by atoms with Gasteiger partial charge in [0, 0.05) is 46.1 Å². The fourth-order valence-electron chi connectivity index (χ4n) is 15.5. The summed E-state index contributed by atoms with van der Waals surface area (Å²) in [5.74, 6) is -0.284. The Morgan fingerprint density at radius 1 is 0.322 bits per heavy atom. The van der Waals surface area contributed by atoms with Gasteiger partial charge in [-0.3, -0.25) is 29.0 Å². The quantitative estimate of drug-likeness (QED) is 0.0125. The van der Waals surface area contributed by atoms with E-state index in [0.29, 0.717) is 35.3 Å². The number of hydrogen-bond acceptors (Lipinski definition) is 4. The number of nitrogens with zero attached hydrogens (tertiary/aromatic N) is 2. The molecule has 6 aromatic carbocycles. The molecule has 2 unspecified atom stereocenters. The maximum atomic E-state index is 15.5. The van der Waals surface area contributed by atoms with E-state index in [1.165, 1.54) is 205 Å². The number of benzene rings is 6. The first-order valence-electron chi connectivity index (χ1n) is 37.5. The van der Waals surface area contributed by atoms with Crippen LogP contribution in [-0.2, 0) is 0 Å². The number of imide groups is 2. The molecule has 2 aliphatic rings.